The van der Waals surface area contributed by atoms with Gasteiger partial charge in [0.25, 0.3) is 5.91 Å². The van der Waals surface area contributed by atoms with Crippen molar-refractivity contribution in [2.75, 3.05) is 19.8 Å². The Hall–Kier alpha value is -1.75. The number of hydrogen-bond donors (Lipinski definition) is 1. The standard InChI is InChI=1S/C15H18ClNO4/c1-10-8-13(10)15(19)21-9-14(18)17-6-7-20-12-4-2-11(16)3-5-12/h2-5,10,13H,6-9H2,1H3,(H,17,18)/t10-,13-/m1/s1. The van der Waals surface area contributed by atoms with Crippen molar-refractivity contribution >= 4 is 23.5 Å². The average molecular weight is 312 g/mol. The molecule has 5 nitrogen and oxygen atoms in total. The van der Waals surface area contributed by atoms with E-state index in [9.17, 15) is 9.59 Å². The maximum absolute atomic E-state index is 11.5. The SMILES string of the molecule is C[C@@H]1C[C@H]1C(=O)OCC(=O)NCCOc1ccc(Cl)cc1. The summed E-state index contributed by atoms with van der Waals surface area (Å²) in [7, 11) is 0. The molecule has 0 unspecified atom stereocenters. The number of hydrogen-bond acceptors (Lipinski definition) is 4. The Morgan fingerprint density at radius 3 is 2.62 bits per heavy atom. The number of esters is 1. The predicted octanol–water partition coefficient (Wildman–Crippen LogP) is 2.03. The van der Waals surface area contributed by atoms with E-state index in [1.54, 1.807) is 24.3 Å². The molecule has 1 N–H and O–H groups in total. The monoisotopic (exact) mass is 311 g/mol. The Bertz CT molecular complexity index is 503. The van der Waals surface area contributed by atoms with Gasteiger partial charge in [-0.1, -0.05) is 18.5 Å². The fourth-order valence-corrected chi connectivity index (χ4v) is 1.96. The lowest BCUT2D eigenvalue weighted by Crippen LogP contribution is -2.32. The first-order valence-corrected chi connectivity index (χ1v) is 7.26. The first-order valence-electron chi connectivity index (χ1n) is 6.88. The molecule has 2 atom stereocenters. The molecule has 0 radical (unpaired) electrons. The fraction of sp³-hybridized carbons (Fsp3) is 0.467. The van der Waals surface area contributed by atoms with Gasteiger partial charge in [0.1, 0.15) is 12.4 Å². The highest BCUT2D eigenvalue weighted by Gasteiger charge is 2.40. The second kappa shape index (κ2) is 7.31. The first kappa shape index (κ1) is 15.6. The fourth-order valence-electron chi connectivity index (χ4n) is 1.84. The third-order valence-corrected chi connectivity index (χ3v) is 3.52. The van der Waals surface area contributed by atoms with Crippen LogP contribution in [-0.4, -0.2) is 31.6 Å². The van der Waals surface area contributed by atoms with Gasteiger partial charge in [0.05, 0.1) is 12.5 Å². The Labute approximate surface area is 128 Å². The lowest BCUT2D eigenvalue weighted by molar-refractivity contribution is -0.150. The van der Waals surface area contributed by atoms with Crippen molar-refractivity contribution in [2.24, 2.45) is 11.8 Å². The Morgan fingerprint density at radius 1 is 1.33 bits per heavy atom. The van der Waals surface area contributed by atoms with Crippen LogP contribution in [0.1, 0.15) is 13.3 Å². The van der Waals surface area contributed by atoms with E-state index in [1.807, 2.05) is 6.92 Å². The Kier molecular flexibility index (Phi) is 5.44. The van der Waals surface area contributed by atoms with Gasteiger partial charge >= 0.3 is 5.97 Å². The van der Waals surface area contributed by atoms with Gasteiger partial charge in [-0.05, 0) is 36.6 Å². The highest BCUT2D eigenvalue weighted by Crippen LogP contribution is 2.38. The highest BCUT2D eigenvalue weighted by atomic mass is 35.5. The molecule has 0 aliphatic heterocycles. The normalized spacial score (nSPS) is 19.7. The number of carbonyl (C=O) groups excluding carboxylic acids is 2. The van der Waals surface area contributed by atoms with E-state index in [1.165, 1.54) is 0 Å². The minimum absolute atomic E-state index is 0.0222. The Balaban J connectivity index is 1.54. The minimum Gasteiger partial charge on any atom is -0.492 e. The number of ether oxygens (including phenoxy) is 2. The molecular weight excluding hydrogens is 294 g/mol. The summed E-state index contributed by atoms with van der Waals surface area (Å²) < 4.78 is 10.3. The maximum atomic E-state index is 11.5. The topological polar surface area (TPSA) is 64.6 Å². The number of nitrogens with one attached hydrogen (secondary N) is 1. The molecule has 1 aliphatic carbocycles. The lowest BCUT2D eigenvalue weighted by Gasteiger charge is -2.08. The summed E-state index contributed by atoms with van der Waals surface area (Å²) >= 11 is 5.76. The molecule has 0 heterocycles. The molecule has 114 valence electrons. The Morgan fingerprint density at radius 2 is 2.00 bits per heavy atom. The molecule has 6 heteroatoms. The van der Waals surface area contributed by atoms with Gasteiger partial charge in [-0.25, -0.2) is 0 Å². The van der Waals surface area contributed by atoms with Crippen molar-refractivity contribution in [1.82, 2.24) is 5.32 Å². The summed E-state index contributed by atoms with van der Waals surface area (Å²) in [4.78, 5) is 22.9. The van der Waals surface area contributed by atoms with Gasteiger partial charge in [-0.2, -0.15) is 0 Å². The van der Waals surface area contributed by atoms with Crippen LogP contribution < -0.4 is 10.1 Å². The number of benzene rings is 1. The molecule has 1 aliphatic rings. The van der Waals surface area contributed by atoms with Crippen LogP contribution in [-0.2, 0) is 14.3 Å². The van der Waals surface area contributed by atoms with Crippen LogP contribution in [0.2, 0.25) is 5.02 Å². The molecule has 0 spiro atoms. The van der Waals surface area contributed by atoms with Crippen molar-refractivity contribution < 1.29 is 19.1 Å². The second-order valence-corrected chi connectivity index (χ2v) is 5.52. The quantitative estimate of drug-likeness (QED) is 0.618. The van der Waals surface area contributed by atoms with Crippen LogP contribution in [0, 0.1) is 11.8 Å². The summed E-state index contributed by atoms with van der Waals surface area (Å²) in [6.45, 7) is 2.43. The van der Waals surface area contributed by atoms with E-state index >= 15 is 0 Å². The number of amides is 1. The molecule has 1 amide bonds. The van der Waals surface area contributed by atoms with Crippen LogP contribution in [0.4, 0.5) is 0 Å². The van der Waals surface area contributed by atoms with E-state index in [2.05, 4.69) is 5.32 Å². The van der Waals surface area contributed by atoms with Crippen molar-refractivity contribution in [3.05, 3.63) is 29.3 Å². The van der Waals surface area contributed by atoms with Crippen LogP contribution >= 0.6 is 11.6 Å². The van der Waals surface area contributed by atoms with E-state index in [-0.39, 0.29) is 24.4 Å². The zero-order chi connectivity index (χ0) is 15.2. The summed E-state index contributed by atoms with van der Waals surface area (Å²) in [5.41, 5.74) is 0. The van der Waals surface area contributed by atoms with Gasteiger partial charge in [0.15, 0.2) is 6.61 Å². The molecule has 0 saturated heterocycles. The van der Waals surface area contributed by atoms with Crippen LogP contribution in [0.3, 0.4) is 0 Å². The summed E-state index contributed by atoms with van der Waals surface area (Å²) in [6.07, 6.45) is 0.857. The van der Waals surface area contributed by atoms with E-state index < -0.39 is 0 Å². The molecule has 1 fully saturated rings. The zero-order valence-electron chi connectivity index (χ0n) is 11.8. The maximum Gasteiger partial charge on any atom is 0.309 e. The van der Waals surface area contributed by atoms with E-state index in [4.69, 9.17) is 21.1 Å². The third-order valence-electron chi connectivity index (χ3n) is 3.26. The average Bonchev–Trinajstić information content (AvgIpc) is 3.20. The van der Waals surface area contributed by atoms with Gasteiger partial charge in [0, 0.05) is 5.02 Å². The van der Waals surface area contributed by atoms with Gasteiger partial charge in [0.2, 0.25) is 0 Å². The molecule has 1 saturated carbocycles. The van der Waals surface area contributed by atoms with Crippen LogP contribution in [0.15, 0.2) is 24.3 Å². The van der Waals surface area contributed by atoms with Crippen molar-refractivity contribution in [2.45, 2.75) is 13.3 Å². The van der Waals surface area contributed by atoms with Gasteiger partial charge in [-0.3, -0.25) is 9.59 Å². The minimum atomic E-state index is -0.323. The van der Waals surface area contributed by atoms with Gasteiger partial charge < -0.3 is 14.8 Å². The first-order chi connectivity index (χ1) is 10.1. The highest BCUT2D eigenvalue weighted by molar-refractivity contribution is 6.30. The largest absolute Gasteiger partial charge is 0.492 e. The molecule has 1 aromatic carbocycles. The third kappa shape index (κ3) is 5.27. The van der Waals surface area contributed by atoms with Crippen LogP contribution in [0.5, 0.6) is 5.75 Å². The molecule has 21 heavy (non-hydrogen) atoms. The number of halogens is 1. The molecule has 1 aromatic rings. The molecular formula is C15H18ClNO4. The molecule has 0 bridgehead atoms. The smallest absolute Gasteiger partial charge is 0.309 e. The zero-order valence-corrected chi connectivity index (χ0v) is 12.6. The summed E-state index contributed by atoms with van der Waals surface area (Å²) in [5, 5.41) is 3.26. The van der Waals surface area contributed by atoms with Crippen molar-refractivity contribution in [3.63, 3.8) is 0 Å². The van der Waals surface area contributed by atoms with Gasteiger partial charge in [-0.15, -0.1) is 0 Å². The number of rotatable bonds is 7. The van der Waals surface area contributed by atoms with Crippen LogP contribution in [0.25, 0.3) is 0 Å². The summed E-state index contributed by atoms with van der Waals surface area (Å²) in [6, 6.07) is 6.97. The number of carbonyl (C=O) groups is 2. The molecule has 0 aromatic heterocycles. The predicted molar refractivity (Wildman–Crippen MR) is 78.2 cm³/mol. The van der Waals surface area contributed by atoms with E-state index in [0.717, 1.165) is 6.42 Å². The van der Waals surface area contributed by atoms with E-state index in [0.29, 0.717) is 29.8 Å². The molecule has 2 rings (SSSR count). The summed E-state index contributed by atoms with van der Waals surface area (Å²) in [5.74, 6) is 0.439. The van der Waals surface area contributed by atoms with Crippen molar-refractivity contribution in [1.29, 1.82) is 0 Å². The lowest BCUT2D eigenvalue weighted by atomic mass is 10.3. The second-order valence-electron chi connectivity index (χ2n) is 5.08. The van der Waals surface area contributed by atoms with Crippen molar-refractivity contribution in [3.8, 4) is 5.75 Å².